The zero-order valence-corrected chi connectivity index (χ0v) is 18.9. The lowest BCUT2D eigenvalue weighted by molar-refractivity contribution is 0.205. The van der Waals surface area contributed by atoms with Crippen LogP contribution in [0, 0.1) is 6.92 Å². The van der Waals surface area contributed by atoms with Gasteiger partial charge in [0.2, 0.25) is 0 Å². The van der Waals surface area contributed by atoms with Gasteiger partial charge >= 0.3 is 0 Å². The highest BCUT2D eigenvalue weighted by molar-refractivity contribution is 6.33. The standard InChI is InChI=1S/C23H29ClN4O2/c1-5-11-27(12-13-29-3)23-18-7-6-8-20(18)25-22-21(15(2)26-28(22)23)17-10-9-16(30-4)14-19(17)24/h9-10,14H,5-8,11-13H2,1-4H3. The minimum Gasteiger partial charge on any atom is -0.497 e. The molecule has 0 aliphatic heterocycles. The van der Waals surface area contributed by atoms with Crippen LogP contribution in [-0.4, -0.2) is 48.5 Å². The molecule has 0 fully saturated rings. The summed E-state index contributed by atoms with van der Waals surface area (Å²) in [5.74, 6) is 1.89. The van der Waals surface area contributed by atoms with Crippen molar-refractivity contribution in [3.63, 3.8) is 0 Å². The number of hydrogen-bond acceptors (Lipinski definition) is 5. The monoisotopic (exact) mass is 428 g/mol. The van der Waals surface area contributed by atoms with Crippen molar-refractivity contribution in [3.05, 3.63) is 40.2 Å². The van der Waals surface area contributed by atoms with Crippen molar-refractivity contribution in [2.45, 2.75) is 39.5 Å². The Morgan fingerprint density at radius 3 is 2.73 bits per heavy atom. The zero-order valence-electron chi connectivity index (χ0n) is 18.2. The Kier molecular flexibility index (Phi) is 6.16. The van der Waals surface area contributed by atoms with Crippen molar-refractivity contribution in [1.82, 2.24) is 14.6 Å². The Morgan fingerprint density at radius 1 is 1.20 bits per heavy atom. The predicted octanol–water partition coefficient (Wildman–Crippen LogP) is 4.72. The molecular formula is C23H29ClN4O2. The summed E-state index contributed by atoms with van der Waals surface area (Å²) in [7, 11) is 3.39. The third-order valence-electron chi connectivity index (χ3n) is 5.74. The molecule has 1 aliphatic carbocycles. The molecular weight excluding hydrogens is 400 g/mol. The molecule has 0 N–H and O–H groups in total. The van der Waals surface area contributed by atoms with Crippen LogP contribution in [0.5, 0.6) is 5.75 Å². The van der Waals surface area contributed by atoms with Gasteiger partial charge in [0, 0.05) is 37.0 Å². The number of aryl methyl sites for hydroxylation is 2. The first-order valence-corrected chi connectivity index (χ1v) is 11.0. The highest BCUT2D eigenvalue weighted by Gasteiger charge is 2.27. The van der Waals surface area contributed by atoms with E-state index in [0.29, 0.717) is 11.6 Å². The van der Waals surface area contributed by atoms with Crippen molar-refractivity contribution >= 4 is 23.1 Å². The number of aromatic nitrogens is 3. The lowest BCUT2D eigenvalue weighted by Gasteiger charge is -2.26. The van der Waals surface area contributed by atoms with Crippen LogP contribution in [0.15, 0.2) is 18.2 Å². The van der Waals surface area contributed by atoms with Crippen molar-refractivity contribution < 1.29 is 9.47 Å². The molecule has 0 saturated carbocycles. The fraction of sp³-hybridized carbons (Fsp3) is 0.478. The maximum Gasteiger partial charge on any atom is 0.165 e. The molecule has 0 atom stereocenters. The van der Waals surface area contributed by atoms with Crippen LogP contribution in [-0.2, 0) is 17.6 Å². The summed E-state index contributed by atoms with van der Waals surface area (Å²) in [6.07, 6.45) is 4.23. The van der Waals surface area contributed by atoms with E-state index in [1.54, 1.807) is 14.2 Å². The molecule has 6 nitrogen and oxygen atoms in total. The molecule has 0 spiro atoms. The van der Waals surface area contributed by atoms with Crippen LogP contribution in [0.2, 0.25) is 5.02 Å². The smallest absolute Gasteiger partial charge is 0.165 e. The molecule has 1 aliphatic rings. The summed E-state index contributed by atoms with van der Waals surface area (Å²) in [6.45, 7) is 6.68. The van der Waals surface area contributed by atoms with E-state index < -0.39 is 0 Å². The molecule has 4 rings (SSSR count). The van der Waals surface area contributed by atoms with Gasteiger partial charge in [0.05, 0.1) is 30.0 Å². The number of anilines is 1. The van der Waals surface area contributed by atoms with Crippen LogP contribution in [0.4, 0.5) is 5.82 Å². The maximum absolute atomic E-state index is 6.64. The van der Waals surface area contributed by atoms with Crippen LogP contribution >= 0.6 is 11.6 Å². The Hall–Kier alpha value is -2.31. The Bertz CT molecular complexity index is 1060. The molecule has 160 valence electrons. The number of nitrogens with zero attached hydrogens (tertiary/aromatic N) is 4. The molecule has 1 aromatic carbocycles. The SMILES string of the molecule is CCCN(CCOC)c1c2c(nc3c(-c4ccc(OC)cc4Cl)c(C)nn13)CCC2. The van der Waals surface area contributed by atoms with Gasteiger partial charge in [-0.15, -0.1) is 0 Å². The number of ether oxygens (including phenoxy) is 2. The van der Waals surface area contributed by atoms with Gasteiger partial charge in [-0.3, -0.25) is 0 Å². The van der Waals surface area contributed by atoms with Crippen molar-refractivity contribution in [3.8, 4) is 16.9 Å². The molecule has 0 saturated heterocycles. The molecule has 7 heteroatoms. The molecule has 0 radical (unpaired) electrons. The fourth-order valence-electron chi connectivity index (χ4n) is 4.37. The van der Waals surface area contributed by atoms with Gasteiger partial charge in [0.1, 0.15) is 11.6 Å². The number of rotatable bonds is 8. The van der Waals surface area contributed by atoms with E-state index in [0.717, 1.165) is 72.8 Å². The highest BCUT2D eigenvalue weighted by atomic mass is 35.5. The summed E-state index contributed by atoms with van der Waals surface area (Å²) in [4.78, 5) is 7.47. The third-order valence-corrected chi connectivity index (χ3v) is 6.05. The minimum absolute atomic E-state index is 0.640. The van der Waals surface area contributed by atoms with Crippen molar-refractivity contribution in [2.75, 3.05) is 38.8 Å². The van der Waals surface area contributed by atoms with E-state index in [2.05, 4.69) is 11.8 Å². The van der Waals surface area contributed by atoms with E-state index in [9.17, 15) is 0 Å². The van der Waals surface area contributed by atoms with Crippen LogP contribution < -0.4 is 9.64 Å². The van der Waals surface area contributed by atoms with Crippen LogP contribution in [0.25, 0.3) is 16.8 Å². The number of benzene rings is 1. The van der Waals surface area contributed by atoms with Gasteiger partial charge in [0.25, 0.3) is 0 Å². The third kappa shape index (κ3) is 3.63. The second kappa shape index (κ2) is 8.82. The number of methoxy groups -OCH3 is 2. The van der Waals surface area contributed by atoms with Crippen molar-refractivity contribution in [1.29, 1.82) is 0 Å². The van der Waals surface area contributed by atoms with Gasteiger partial charge in [-0.2, -0.15) is 9.61 Å². The number of fused-ring (bicyclic) bond motifs is 2. The van der Waals surface area contributed by atoms with E-state index in [1.807, 2.05) is 29.6 Å². The molecule has 2 heterocycles. The van der Waals surface area contributed by atoms with E-state index >= 15 is 0 Å². The lowest BCUT2D eigenvalue weighted by Crippen LogP contribution is -2.31. The molecule has 30 heavy (non-hydrogen) atoms. The van der Waals surface area contributed by atoms with Gasteiger partial charge in [-0.25, -0.2) is 4.98 Å². The Labute approximate surface area is 182 Å². The average Bonchev–Trinajstić information content (AvgIpc) is 3.33. The Balaban J connectivity index is 1.95. The first kappa shape index (κ1) is 20.9. The largest absolute Gasteiger partial charge is 0.497 e. The van der Waals surface area contributed by atoms with Gasteiger partial charge < -0.3 is 14.4 Å². The van der Waals surface area contributed by atoms with Gasteiger partial charge in [0.15, 0.2) is 5.65 Å². The summed E-state index contributed by atoms with van der Waals surface area (Å²) in [5.41, 5.74) is 6.21. The molecule has 0 bridgehead atoms. The molecule has 0 amide bonds. The Morgan fingerprint density at radius 2 is 2.03 bits per heavy atom. The number of hydrogen-bond donors (Lipinski definition) is 0. The molecule has 0 unspecified atom stereocenters. The average molecular weight is 429 g/mol. The first-order chi connectivity index (χ1) is 14.6. The maximum atomic E-state index is 6.64. The first-order valence-electron chi connectivity index (χ1n) is 10.6. The highest BCUT2D eigenvalue weighted by Crippen LogP contribution is 2.39. The van der Waals surface area contributed by atoms with Gasteiger partial charge in [-0.05, 0) is 50.8 Å². The second-order valence-electron chi connectivity index (χ2n) is 7.74. The van der Waals surface area contributed by atoms with E-state index in [-0.39, 0.29) is 0 Å². The fourth-order valence-corrected chi connectivity index (χ4v) is 4.64. The summed E-state index contributed by atoms with van der Waals surface area (Å²) in [6, 6.07) is 5.77. The quantitative estimate of drug-likeness (QED) is 0.519. The van der Waals surface area contributed by atoms with E-state index in [4.69, 9.17) is 31.2 Å². The lowest BCUT2D eigenvalue weighted by atomic mass is 10.1. The van der Waals surface area contributed by atoms with Crippen LogP contribution in [0.1, 0.15) is 36.7 Å². The van der Waals surface area contributed by atoms with Crippen molar-refractivity contribution in [2.24, 2.45) is 0 Å². The van der Waals surface area contributed by atoms with E-state index in [1.165, 1.54) is 11.3 Å². The van der Waals surface area contributed by atoms with Crippen LogP contribution in [0.3, 0.4) is 0 Å². The summed E-state index contributed by atoms with van der Waals surface area (Å²) < 4.78 is 12.7. The summed E-state index contributed by atoms with van der Waals surface area (Å²) >= 11 is 6.64. The second-order valence-corrected chi connectivity index (χ2v) is 8.14. The minimum atomic E-state index is 0.640. The summed E-state index contributed by atoms with van der Waals surface area (Å²) in [5, 5.41) is 5.58. The number of halogens is 1. The molecule has 2 aromatic heterocycles. The zero-order chi connectivity index (χ0) is 21.3. The molecule has 3 aromatic rings. The van der Waals surface area contributed by atoms with Gasteiger partial charge in [-0.1, -0.05) is 18.5 Å². The predicted molar refractivity (Wildman–Crippen MR) is 121 cm³/mol. The topological polar surface area (TPSA) is 51.9 Å². The normalized spacial score (nSPS) is 13.1.